The van der Waals surface area contributed by atoms with E-state index in [0.717, 1.165) is 19.6 Å². The summed E-state index contributed by atoms with van der Waals surface area (Å²) in [6.45, 7) is 4.91. The van der Waals surface area contributed by atoms with Crippen LogP contribution >= 0.6 is 0 Å². The van der Waals surface area contributed by atoms with Crippen LogP contribution < -0.4 is 0 Å². The van der Waals surface area contributed by atoms with E-state index in [2.05, 4.69) is 11.8 Å². The van der Waals surface area contributed by atoms with Crippen LogP contribution in [0.2, 0.25) is 0 Å². The summed E-state index contributed by atoms with van der Waals surface area (Å²) in [4.78, 5) is 2.28. The number of likely N-dealkylation sites (tertiary alicyclic amines) is 1. The van der Waals surface area contributed by atoms with E-state index >= 15 is 0 Å². The molecule has 0 bridgehead atoms. The Morgan fingerprint density at radius 1 is 1.25 bits per heavy atom. The summed E-state index contributed by atoms with van der Waals surface area (Å²) in [7, 11) is 0. The average molecular weight is 175 g/mol. The second kappa shape index (κ2) is 2.66. The molecular formula is C9H15F2N. The van der Waals surface area contributed by atoms with Gasteiger partial charge in [-0.2, -0.15) is 0 Å². The van der Waals surface area contributed by atoms with Gasteiger partial charge in [-0.15, -0.1) is 0 Å². The number of alkyl halides is 2. The Morgan fingerprint density at radius 2 is 1.75 bits per heavy atom. The largest absolute Gasteiger partial charge is 0.303 e. The summed E-state index contributed by atoms with van der Waals surface area (Å²) in [6.07, 6.45) is 0.266. The predicted octanol–water partition coefficient (Wildman–Crippen LogP) is 1.98. The van der Waals surface area contributed by atoms with E-state index in [9.17, 15) is 8.78 Å². The quantitative estimate of drug-likeness (QED) is 0.589. The van der Waals surface area contributed by atoms with Gasteiger partial charge >= 0.3 is 0 Å². The lowest BCUT2D eigenvalue weighted by Gasteiger charge is -2.16. The zero-order valence-corrected chi connectivity index (χ0v) is 7.39. The van der Waals surface area contributed by atoms with Crippen LogP contribution in [0.25, 0.3) is 0 Å². The van der Waals surface area contributed by atoms with Gasteiger partial charge in [0, 0.05) is 25.9 Å². The van der Waals surface area contributed by atoms with E-state index in [-0.39, 0.29) is 24.7 Å². The third-order valence-electron chi connectivity index (χ3n) is 3.22. The fourth-order valence-electron chi connectivity index (χ4n) is 2.61. The number of nitrogens with zero attached hydrogens (tertiary/aromatic N) is 1. The van der Waals surface area contributed by atoms with Crippen molar-refractivity contribution in [3.05, 3.63) is 0 Å². The van der Waals surface area contributed by atoms with Gasteiger partial charge in [0.1, 0.15) is 0 Å². The van der Waals surface area contributed by atoms with Gasteiger partial charge in [0.05, 0.1) is 0 Å². The molecular weight excluding hydrogens is 160 g/mol. The molecule has 2 fully saturated rings. The van der Waals surface area contributed by atoms with Gasteiger partial charge < -0.3 is 4.90 Å². The molecule has 0 amide bonds. The Hall–Kier alpha value is -0.180. The van der Waals surface area contributed by atoms with Gasteiger partial charge in [0.15, 0.2) is 0 Å². The van der Waals surface area contributed by atoms with Crippen molar-refractivity contribution in [2.24, 2.45) is 11.8 Å². The second-order valence-electron chi connectivity index (χ2n) is 4.14. The Morgan fingerprint density at radius 3 is 2.17 bits per heavy atom. The molecule has 0 spiro atoms. The number of hydrogen-bond acceptors (Lipinski definition) is 1. The van der Waals surface area contributed by atoms with Crippen molar-refractivity contribution in [2.75, 3.05) is 19.6 Å². The van der Waals surface area contributed by atoms with Gasteiger partial charge in [-0.05, 0) is 18.4 Å². The Balaban J connectivity index is 1.97. The highest BCUT2D eigenvalue weighted by atomic mass is 19.3. The summed E-state index contributed by atoms with van der Waals surface area (Å²) < 4.78 is 25.8. The second-order valence-corrected chi connectivity index (χ2v) is 4.14. The smallest absolute Gasteiger partial charge is 0.248 e. The number of fused-ring (bicyclic) bond motifs is 1. The van der Waals surface area contributed by atoms with Crippen LogP contribution in [0.15, 0.2) is 0 Å². The molecule has 2 atom stereocenters. The van der Waals surface area contributed by atoms with Crippen LogP contribution in [0, 0.1) is 11.8 Å². The molecule has 2 unspecified atom stereocenters. The minimum absolute atomic E-state index is 0.133. The van der Waals surface area contributed by atoms with E-state index in [1.165, 1.54) is 0 Å². The first-order chi connectivity index (χ1) is 5.61. The third kappa shape index (κ3) is 1.35. The highest BCUT2D eigenvalue weighted by Gasteiger charge is 2.49. The highest BCUT2D eigenvalue weighted by molar-refractivity contribution is 4.95. The minimum atomic E-state index is -2.35. The van der Waals surface area contributed by atoms with Crippen molar-refractivity contribution in [3.8, 4) is 0 Å². The van der Waals surface area contributed by atoms with Gasteiger partial charge in [-0.3, -0.25) is 0 Å². The van der Waals surface area contributed by atoms with Crippen molar-refractivity contribution >= 4 is 0 Å². The van der Waals surface area contributed by atoms with E-state index in [4.69, 9.17) is 0 Å². The summed E-state index contributed by atoms with van der Waals surface area (Å²) >= 11 is 0. The van der Waals surface area contributed by atoms with Crippen LogP contribution in [0.3, 0.4) is 0 Å². The molecule has 12 heavy (non-hydrogen) atoms. The summed E-state index contributed by atoms with van der Waals surface area (Å²) in [5.41, 5.74) is 0. The van der Waals surface area contributed by atoms with Crippen LogP contribution in [0.4, 0.5) is 8.78 Å². The monoisotopic (exact) mass is 175 g/mol. The van der Waals surface area contributed by atoms with E-state index in [1.54, 1.807) is 0 Å². The Kier molecular flexibility index (Phi) is 1.86. The van der Waals surface area contributed by atoms with E-state index in [0.29, 0.717) is 0 Å². The first kappa shape index (κ1) is 8.42. The SMILES string of the molecule is CCN1CC2CC(F)(F)CC2C1. The lowest BCUT2D eigenvalue weighted by Crippen LogP contribution is -2.24. The molecule has 0 radical (unpaired) electrons. The Bertz CT molecular complexity index is 165. The fourth-order valence-corrected chi connectivity index (χ4v) is 2.61. The normalized spacial score (nSPS) is 40.2. The molecule has 1 aliphatic heterocycles. The molecule has 2 aliphatic rings. The molecule has 0 aromatic carbocycles. The molecule has 1 nitrogen and oxygen atoms in total. The maximum atomic E-state index is 12.9. The zero-order valence-electron chi connectivity index (χ0n) is 7.39. The lowest BCUT2D eigenvalue weighted by molar-refractivity contribution is -0.00240. The highest BCUT2D eigenvalue weighted by Crippen LogP contribution is 2.46. The summed E-state index contributed by atoms with van der Waals surface area (Å²) in [6, 6.07) is 0. The molecule has 3 heteroatoms. The van der Waals surface area contributed by atoms with Crippen LogP contribution in [-0.2, 0) is 0 Å². The first-order valence-electron chi connectivity index (χ1n) is 4.71. The van der Waals surface area contributed by atoms with Gasteiger partial charge in [-0.1, -0.05) is 6.92 Å². The maximum absolute atomic E-state index is 12.9. The van der Waals surface area contributed by atoms with E-state index in [1.807, 2.05) is 0 Å². The molecule has 0 aromatic heterocycles. The third-order valence-corrected chi connectivity index (χ3v) is 3.22. The maximum Gasteiger partial charge on any atom is 0.248 e. The van der Waals surface area contributed by atoms with Crippen molar-refractivity contribution in [2.45, 2.75) is 25.7 Å². The molecule has 2 rings (SSSR count). The van der Waals surface area contributed by atoms with E-state index < -0.39 is 5.92 Å². The predicted molar refractivity (Wildman–Crippen MR) is 43.3 cm³/mol. The van der Waals surface area contributed by atoms with Crippen molar-refractivity contribution in [1.82, 2.24) is 4.90 Å². The molecule has 1 aliphatic carbocycles. The molecule has 1 saturated carbocycles. The summed E-state index contributed by atoms with van der Waals surface area (Å²) in [5, 5.41) is 0. The zero-order chi connectivity index (χ0) is 8.77. The topological polar surface area (TPSA) is 3.24 Å². The standard InChI is InChI=1S/C9H15F2N/c1-2-12-5-7-3-9(10,11)4-8(7)6-12/h7-8H,2-6H2,1H3. The molecule has 0 aromatic rings. The van der Waals surface area contributed by atoms with Gasteiger partial charge in [-0.25, -0.2) is 8.78 Å². The van der Waals surface area contributed by atoms with Crippen LogP contribution in [-0.4, -0.2) is 30.5 Å². The van der Waals surface area contributed by atoms with Gasteiger partial charge in [0.25, 0.3) is 0 Å². The number of halogens is 2. The van der Waals surface area contributed by atoms with Crippen LogP contribution in [0.1, 0.15) is 19.8 Å². The van der Waals surface area contributed by atoms with Crippen molar-refractivity contribution < 1.29 is 8.78 Å². The van der Waals surface area contributed by atoms with Crippen molar-refractivity contribution in [3.63, 3.8) is 0 Å². The lowest BCUT2D eigenvalue weighted by atomic mass is 10.0. The van der Waals surface area contributed by atoms with Crippen LogP contribution in [0.5, 0.6) is 0 Å². The molecule has 0 N–H and O–H groups in total. The average Bonchev–Trinajstić information content (AvgIpc) is 2.40. The minimum Gasteiger partial charge on any atom is -0.303 e. The van der Waals surface area contributed by atoms with Crippen molar-refractivity contribution in [1.29, 1.82) is 0 Å². The molecule has 70 valence electrons. The van der Waals surface area contributed by atoms with Gasteiger partial charge in [0.2, 0.25) is 5.92 Å². The first-order valence-corrected chi connectivity index (χ1v) is 4.71. The molecule has 1 saturated heterocycles. The fraction of sp³-hybridized carbons (Fsp3) is 1.00. The number of rotatable bonds is 1. The number of hydrogen-bond donors (Lipinski definition) is 0. The summed E-state index contributed by atoms with van der Waals surface area (Å²) in [5.74, 6) is -1.80. The Labute approximate surface area is 71.7 Å². The molecule has 1 heterocycles.